The maximum atomic E-state index is 11.4. The Hall–Kier alpha value is -2.04. The third-order valence-corrected chi connectivity index (χ3v) is 8.62. The van der Waals surface area contributed by atoms with Gasteiger partial charge in [0.05, 0.1) is 5.70 Å². The van der Waals surface area contributed by atoms with Gasteiger partial charge in [-0.25, -0.2) is 5.48 Å². The number of hydrogen-bond acceptors (Lipinski definition) is 5. The van der Waals surface area contributed by atoms with Gasteiger partial charge in [0.2, 0.25) is 0 Å². The van der Waals surface area contributed by atoms with E-state index in [0.29, 0.717) is 23.5 Å². The minimum absolute atomic E-state index is 0.0441. The summed E-state index contributed by atoms with van der Waals surface area (Å²) in [5, 5.41) is 0. The van der Waals surface area contributed by atoms with Gasteiger partial charge in [-0.3, -0.25) is 9.59 Å². The van der Waals surface area contributed by atoms with Gasteiger partial charge < -0.3 is 9.57 Å². The van der Waals surface area contributed by atoms with E-state index in [2.05, 4.69) is 38.1 Å². The predicted octanol–water partition coefficient (Wildman–Crippen LogP) is 5.00. The molecule has 0 aromatic rings. The summed E-state index contributed by atoms with van der Waals surface area (Å²) in [6.07, 6.45) is 12.3. The molecule has 4 rings (SSSR count). The summed E-state index contributed by atoms with van der Waals surface area (Å²) in [5.41, 5.74) is 6.49. The topological polar surface area (TPSA) is 64.6 Å². The average molecular weight is 414 g/mol. The number of allylic oxidation sites excluding steroid dienone is 3. The van der Waals surface area contributed by atoms with Crippen molar-refractivity contribution in [2.75, 3.05) is 0 Å². The molecule has 1 N–H and O–H groups in total. The molecule has 30 heavy (non-hydrogen) atoms. The van der Waals surface area contributed by atoms with E-state index in [1.54, 1.807) is 0 Å². The normalized spacial score (nSPS) is 39.5. The summed E-state index contributed by atoms with van der Waals surface area (Å²) < 4.78 is 5.55. The lowest BCUT2D eigenvalue weighted by Crippen LogP contribution is -2.50. The van der Waals surface area contributed by atoms with Crippen LogP contribution in [0.4, 0.5) is 0 Å². The summed E-state index contributed by atoms with van der Waals surface area (Å²) in [4.78, 5) is 27.6. The van der Waals surface area contributed by atoms with Gasteiger partial charge in [0.1, 0.15) is 6.10 Å². The van der Waals surface area contributed by atoms with Crippen molar-refractivity contribution < 1.29 is 19.2 Å². The molecule has 4 aliphatic carbocycles. The van der Waals surface area contributed by atoms with Crippen molar-refractivity contribution in [2.45, 2.75) is 78.7 Å². The molecule has 5 nitrogen and oxygen atoms in total. The van der Waals surface area contributed by atoms with Crippen LogP contribution < -0.4 is 5.48 Å². The first-order chi connectivity index (χ1) is 14.1. The maximum absolute atomic E-state index is 11.4. The summed E-state index contributed by atoms with van der Waals surface area (Å²) in [5.74, 6) is 1.39. The highest BCUT2D eigenvalue weighted by atomic mass is 16.7. The van der Waals surface area contributed by atoms with Crippen molar-refractivity contribution in [2.24, 2.45) is 28.6 Å². The van der Waals surface area contributed by atoms with E-state index < -0.39 is 0 Å². The van der Waals surface area contributed by atoms with Crippen LogP contribution in [0.5, 0.6) is 0 Å². The van der Waals surface area contributed by atoms with E-state index in [9.17, 15) is 9.59 Å². The number of fused-ring (bicyclic) bond motifs is 5. The molecular formula is C25H35NO4. The molecule has 4 aliphatic rings. The Morgan fingerprint density at radius 2 is 1.77 bits per heavy atom. The van der Waals surface area contributed by atoms with Gasteiger partial charge in [0.15, 0.2) is 0 Å². The first-order valence-electron chi connectivity index (χ1n) is 11.3. The van der Waals surface area contributed by atoms with E-state index >= 15 is 0 Å². The zero-order valence-electron chi connectivity index (χ0n) is 18.8. The molecule has 0 aromatic heterocycles. The molecule has 0 amide bonds. The van der Waals surface area contributed by atoms with Crippen molar-refractivity contribution in [3.8, 4) is 0 Å². The molecule has 0 radical (unpaired) electrons. The second kappa shape index (κ2) is 7.58. The van der Waals surface area contributed by atoms with Crippen LogP contribution >= 0.6 is 0 Å². The monoisotopic (exact) mass is 413 g/mol. The summed E-state index contributed by atoms with van der Waals surface area (Å²) in [6.45, 7) is 11.9. The molecule has 0 heterocycles. The minimum Gasteiger partial charge on any atom is -0.462 e. The van der Waals surface area contributed by atoms with Crippen molar-refractivity contribution >= 4 is 11.9 Å². The molecule has 0 aromatic carbocycles. The quantitative estimate of drug-likeness (QED) is 0.399. The van der Waals surface area contributed by atoms with E-state index in [1.165, 1.54) is 31.4 Å². The zero-order chi connectivity index (χ0) is 21.7. The lowest BCUT2D eigenvalue weighted by molar-refractivity contribution is -0.148. The Kier molecular flexibility index (Phi) is 5.36. The van der Waals surface area contributed by atoms with Crippen molar-refractivity contribution in [1.82, 2.24) is 5.48 Å². The Morgan fingerprint density at radius 3 is 2.47 bits per heavy atom. The molecule has 0 aliphatic heterocycles. The lowest BCUT2D eigenvalue weighted by atomic mass is 9.47. The second-order valence-electron chi connectivity index (χ2n) is 10.2. The van der Waals surface area contributed by atoms with Crippen molar-refractivity contribution in [1.29, 1.82) is 0 Å². The highest BCUT2D eigenvalue weighted by Gasteiger charge is 2.57. The first kappa shape index (κ1) is 21.2. The lowest BCUT2D eigenvalue weighted by Gasteiger charge is -2.57. The van der Waals surface area contributed by atoms with Crippen LogP contribution in [0.15, 0.2) is 35.6 Å². The van der Waals surface area contributed by atoms with E-state index in [1.807, 2.05) is 0 Å². The Labute approximate surface area is 179 Å². The standard InChI is InChI=1S/C25H35NO4/c1-15(26-30-17(3)28)21-8-9-22-20-7-6-18-14-19(29-16(2)27)10-12-24(18,4)23(20)11-13-25(21,22)5/h6,8,19-20,22-23,26H,1,7,9-14H2,2-5H3. The number of carbonyl (C=O) groups is 2. The highest BCUT2D eigenvalue weighted by molar-refractivity contribution is 5.66. The van der Waals surface area contributed by atoms with Crippen LogP contribution in [-0.2, 0) is 19.2 Å². The predicted molar refractivity (Wildman–Crippen MR) is 115 cm³/mol. The zero-order valence-corrected chi connectivity index (χ0v) is 18.8. The molecular weight excluding hydrogens is 378 g/mol. The smallest absolute Gasteiger partial charge is 0.329 e. The van der Waals surface area contributed by atoms with Crippen molar-refractivity contribution in [3.63, 3.8) is 0 Å². The fraction of sp³-hybridized carbons (Fsp3) is 0.680. The fourth-order valence-electron chi connectivity index (χ4n) is 7.19. The second-order valence-corrected chi connectivity index (χ2v) is 10.2. The third kappa shape index (κ3) is 3.40. The van der Waals surface area contributed by atoms with E-state index in [4.69, 9.17) is 9.57 Å². The maximum Gasteiger partial charge on any atom is 0.329 e. The van der Waals surface area contributed by atoms with Gasteiger partial charge in [-0.2, -0.15) is 0 Å². The number of rotatable bonds is 4. The van der Waals surface area contributed by atoms with Gasteiger partial charge in [-0.15, -0.1) is 0 Å². The van der Waals surface area contributed by atoms with Gasteiger partial charge in [-0.05, 0) is 72.7 Å². The number of nitrogens with one attached hydrogen (secondary N) is 1. The third-order valence-electron chi connectivity index (χ3n) is 8.62. The highest BCUT2D eigenvalue weighted by Crippen LogP contribution is 2.65. The summed E-state index contributed by atoms with van der Waals surface area (Å²) >= 11 is 0. The van der Waals surface area contributed by atoms with Gasteiger partial charge in [0.25, 0.3) is 0 Å². The van der Waals surface area contributed by atoms with Crippen LogP contribution in [0.1, 0.15) is 72.6 Å². The van der Waals surface area contributed by atoms with Crippen LogP contribution in [0.2, 0.25) is 0 Å². The van der Waals surface area contributed by atoms with Crippen LogP contribution in [0.3, 0.4) is 0 Å². The Bertz CT molecular complexity index is 827. The molecule has 2 fully saturated rings. The molecule has 6 atom stereocenters. The first-order valence-corrected chi connectivity index (χ1v) is 11.3. The van der Waals surface area contributed by atoms with Crippen LogP contribution in [-0.4, -0.2) is 18.0 Å². The minimum atomic E-state index is -0.359. The number of esters is 1. The molecule has 164 valence electrons. The van der Waals surface area contributed by atoms with E-state index in [-0.39, 0.29) is 28.9 Å². The van der Waals surface area contributed by atoms with Gasteiger partial charge in [-0.1, -0.05) is 38.2 Å². The molecule has 5 heteroatoms. The Balaban J connectivity index is 1.52. The van der Waals surface area contributed by atoms with Gasteiger partial charge in [0, 0.05) is 20.3 Å². The summed E-state index contributed by atoms with van der Waals surface area (Å²) in [6, 6.07) is 0. The molecule has 2 saturated carbocycles. The van der Waals surface area contributed by atoms with Crippen molar-refractivity contribution in [3.05, 3.63) is 35.6 Å². The molecule has 6 unspecified atom stereocenters. The average Bonchev–Trinajstić information content (AvgIpc) is 3.03. The molecule has 0 saturated heterocycles. The number of ether oxygens (including phenoxy) is 1. The van der Waals surface area contributed by atoms with E-state index in [0.717, 1.165) is 38.5 Å². The van der Waals surface area contributed by atoms with Gasteiger partial charge >= 0.3 is 11.9 Å². The molecule has 0 bridgehead atoms. The fourth-order valence-corrected chi connectivity index (χ4v) is 7.19. The summed E-state index contributed by atoms with van der Waals surface area (Å²) in [7, 11) is 0. The number of carbonyl (C=O) groups excluding carboxylic acids is 2. The SMILES string of the molecule is C=C(NOC(C)=O)C1=CCC2C3CC=C4CC(OC(C)=O)CCC4(C)C3CCC12C. The largest absolute Gasteiger partial charge is 0.462 e. The number of hydroxylamine groups is 1. The van der Waals surface area contributed by atoms with Crippen LogP contribution in [0, 0.1) is 28.6 Å². The number of hydrogen-bond donors (Lipinski definition) is 1. The molecule has 0 spiro atoms. The Morgan fingerprint density at radius 1 is 1.03 bits per heavy atom. The van der Waals surface area contributed by atoms with Crippen LogP contribution in [0.25, 0.3) is 0 Å².